The molecule has 0 spiro atoms. The van der Waals surface area contributed by atoms with E-state index in [2.05, 4.69) is 79.3 Å². The van der Waals surface area contributed by atoms with Gasteiger partial charge in [0, 0.05) is 29.2 Å². The molecule has 3 heterocycles. The van der Waals surface area contributed by atoms with Crippen LogP contribution in [0.5, 0.6) is 0 Å². The molecule has 0 radical (unpaired) electrons. The second-order valence-corrected chi connectivity index (χ2v) is 9.91. The van der Waals surface area contributed by atoms with Crippen molar-refractivity contribution in [1.82, 2.24) is 4.98 Å². The Balaban J connectivity index is 1.53. The van der Waals surface area contributed by atoms with Gasteiger partial charge in [-0.25, -0.2) is 4.98 Å². The highest BCUT2D eigenvalue weighted by Crippen LogP contribution is 2.38. The predicted molar refractivity (Wildman–Crippen MR) is 132 cm³/mol. The van der Waals surface area contributed by atoms with Gasteiger partial charge in [-0.15, -0.1) is 11.3 Å². The number of aryl methyl sites for hydroxylation is 2. The molecule has 154 valence electrons. The lowest BCUT2D eigenvalue weighted by Crippen LogP contribution is -2.30. The lowest BCUT2D eigenvalue weighted by Gasteiger charge is -2.22. The molecule has 1 saturated carbocycles. The molecule has 1 fully saturated rings. The van der Waals surface area contributed by atoms with Crippen molar-refractivity contribution in [1.29, 1.82) is 0 Å². The number of rotatable bonds is 2. The Hall–Kier alpha value is -2.78. The van der Waals surface area contributed by atoms with Gasteiger partial charge in [0.05, 0.1) is 5.52 Å². The zero-order valence-corrected chi connectivity index (χ0v) is 18.9. The molecular formula is C28H27N2S+. The van der Waals surface area contributed by atoms with Gasteiger partial charge >= 0.3 is 0 Å². The zero-order valence-electron chi connectivity index (χ0n) is 19.1. The van der Waals surface area contributed by atoms with Crippen molar-refractivity contribution < 1.29 is 5.94 Å². The van der Waals surface area contributed by atoms with E-state index >= 15 is 0 Å². The number of fused-ring (bicyclic) bond motifs is 4. The number of pyridine rings is 2. The van der Waals surface area contributed by atoms with Gasteiger partial charge < -0.3 is 0 Å². The van der Waals surface area contributed by atoms with Gasteiger partial charge in [0.1, 0.15) is 16.6 Å². The third-order valence-corrected chi connectivity index (χ3v) is 7.85. The van der Waals surface area contributed by atoms with E-state index in [1.165, 1.54) is 38.7 Å². The zero-order chi connectivity index (χ0) is 21.9. The van der Waals surface area contributed by atoms with Gasteiger partial charge in [-0.3, -0.25) is 0 Å². The maximum atomic E-state index is 9.01. The molecule has 0 saturated heterocycles. The number of hydrogen-bond acceptors (Lipinski definition) is 2. The molecule has 0 bridgehead atoms. The number of nitrogens with zero attached hydrogens (tertiary/aromatic N) is 2. The van der Waals surface area contributed by atoms with Gasteiger partial charge in [-0.05, 0) is 55.0 Å². The third-order valence-electron chi connectivity index (χ3n) is 6.80. The minimum atomic E-state index is -0.445. The summed E-state index contributed by atoms with van der Waals surface area (Å²) in [6, 6.07) is 19.7. The number of benzene rings is 2. The second-order valence-electron chi connectivity index (χ2n) is 8.88. The van der Waals surface area contributed by atoms with E-state index in [9.17, 15) is 0 Å². The first kappa shape index (κ1) is 17.9. The second kappa shape index (κ2) is 7.42. The van der Waals surface area contributed by atoms with Crippen LogP contribution >= 0.6 is 11.3 Å². The van der Waals surface area contributed by atoms with E-state index in [1.807, 2.05) is 0 Å². The fraction of sp³-hybridized carbons (Fsp3) is 0.286. The Morgan fingerprint density at radius 2 is 1.84 bits per heavy atom. The molecule has 1 aliphatic carbocycles. The van der Waals surface area contributed by atoms with Crippen LogP contribution in [0.15, 0.2) is 60.8 Å². The van der Waals surface area contributed by atoms with Crippen molar-refractivity contribution in [2.75, 3.05) is 0 Å². The fourth-order valence-electron chi connectivity index (χ4n) is 5.06. The van der Waals surface area contributed by atoms with Crippen molar-refractivity contribution in [2.24, 2.45) is 7.05 Å². The van der Waals surface area contributed by atoms with Crippen LogP contribution in [0.1, 0.15) is 50.5 Å². The molecule has 1 aliphatic rings. The van der Waals surface area contributed by atoms with E-state index in [4.69, 9.17) is 6.35 Å². The average Bonchev–Trinajstić information content (AvgIpc) is 3.13. The van der Waals surface area contributed by atoms with Gasteiger partial charge in [-0.2, -0.15) is 4.57 Å². The Morgan fingerprint density at radius 1 is 1.00 bits per heavy atom. The minimum absolute atomic E-state index is 0.445. The van der Waals surface area contributed by atoms with Crippen LogP contribution < -0.4 is 4.57 Å². The number of thiophene rings is 1. The molecule has 0 amide bonds. The lowest BCUT2D eigenvalue weighted by atomic mass is 9.84. The van der Waals surface area contributed by atoms with Crippen molar-refractivity contribution >= 4 is 42.5 Å². The molecule has 2 nitrogen and oxygen atoms in total. The molecule has 3 heteroatoms. The van der Waals surface area contributed by atoms with Gasteiger partial charge in [0.25, 0.3) is 0 Å². The van der Waals surface area contributed by atoms with E-state index in [-0.39, 0.29) is 0 Å². The van der Waals surface area contributed by atoms with Crippen molar-refractivity contribution in [3.05, 3.63) is 71.9 Å². The Morgan fingerprint density at radius 3 is 2.68 bits per heavy atom. The Kier molecular flexibility index (Phi) is 4.27. The van der Waals surface area contributed by atoms with Crippen LogP contribution in [-0.2, 0) is 7.05 Å². The van der Waals surface area contributed by atoms with Crippen LogP contribution in [0.25, 0.3) is 42.5 Å². The molecule has 3 aromatic heterocycles. The van der Waals surface area contributed by atoms with E-state index < -0.39 is 5.89 Å². The maximum Gasteiger partial charge on any atom is 0.213 e. The summed E-state index contributed by atoms with van der Waals surface area (Å²) in [5.74, 6) is -0.445. The molecule has 2 aromatic carbocycles. The first-order valence-corrected chi connectivity index (χ1v) is 12.1. The topological polar surface area (TPSA) is 16.8 Å². The molecule has 5 aromatic rings. The molecular weight excluding hydrogens is 396 g/mol. The molecule has 0 unspecified atom stereocenters. The van der Waals surface area contributed by atoms with E-state index in [1.54, 1.807) is 11.3 Å². The Labute approximate surface area is 188 Å². The molecule has 31 heavy (non-hydrogen) atoms. The molecule has 0 atom stereocenters. The van der Waals surface area contributed by atoms with Gasteiger partial charge in [0.15, 0.2) is 6.20 Å². The van der Waals surface area contributed by atoms with Crippen LogP contribution in [-0.4, -0.2) is 4.98 Å². The minimum Gasteiger partial charge on any atom is -0.237 e. The van der Waals surface area contributed by atoms with E-state index in [0.717, 1.165) is 47.0 Å². The van der Waals surface area contributed by atoms with Crippen molar-refractivity contribution in [3.8, 4) is 11.3 Å². The molecule has 0 aliphatic heterocycles. The lowest BCUT2D eigenvalue weighted by molar-refractivity contribution is -0.659. The Bertz CT molecular complexity index is 1490. The van der Waals surface area contributed by atoms with Gasteiger partial charge in [0.2, 0.25) is 5.69 Å². The summed E-state index contributed by atoms with van der Waals surface area (Å²) in [7, 11) is 2.12. The first-order chi connectivity index (χ1) is 15.5. The van der Waals surface area contributed by atoms with Crippen LogP contribution in [0.2, 0.25) is 0 Å². The van der Waals surface area contributed by atoms with Crippen LogP contribution in [0.4, 0.5) is 0 Å². The summed E-state index contributed by atoms with van der Waals surface area (Å²) in [5, 5.41) is 3.65. The normalized spacial score (nSPS) is 16.8. The standard InChI is InChI=1S/C28H27N2S/c1-18-8-6-7-11-22(18)26-16-23-24-14-21-13-12-20(19-9-4-3-5-10-19)15-25(21)29-28(24)31-27(23)17-30(26)2/h6-8,11-17,19H,3-5,9-10H2,1-2H3/q+1/i19D. The van der Waals surface area contributed by atoms with Crippen molar-refractivity contribution in [2.45, 2.75) is 44.9 Å². The summed E-state index contributed by atoms with van der Waals surface area (Å²) >= 11 is 1.76. The van der Waals surface area contributed by atoms with Crippen LogP contribution in [0.3, 0.4) is 0 Å². The highest BCUT2D eigenvalue weighted by molar-refractivity contribution is 7.25. The average molecular weight is 425 g/mol. The van der Waals surface area contributed by atoms with Gasteiger partial charge in [-0.1, -0.05) is 49.6 Å². The van der Waals surface area contributed by atoms with Crippen molar-refractivity contribution in [3.63, 3.8) is 0 Å². The summed E-state index contributed by atoms with van der Waals surface area (Å²) in [4.78, 5) is 6.16. The summed E-state index contributed by atoms with van der Waals surface area (Å²) < 4.78 is 12.5. The summed E-state index contributed by atoms with van der Waals surface area (Å²) in [6.45, 7) is 2.17. The molecule has 6 rings (SSSR count). The highest BCUT2D eigenvalue weighted by Gasteiger charge is 2.19. The maximum absolute atomic E-state index is 9.01. The third kappa shape index (κ3) is 3.23. The number of aromatic nitrogens is 2. The number of hydrogen-bond donors (Lipinski definition) is 0. The summed E-state index contributed by atoms with van der Waals surface area (Å²) in [6.07, 6.45) is 7.73. The SMILES string of the molecule is [2H]C1(c2ccc3cc4c(nc3c2)sc2c[n+](C)c(-c3ccccc3C)cc24)CCCCC1. The monoisotopic (exact) mass is 424 g/mol. The largest absolute Gasteiger partial charge is 0.237 e. The predicted octanol–water partition coefficient (Wildman–Crippen LogP) is 7.45. The first-order valence-electron chi connectivity index (χ1n) is 11.8. The quantitative estimate of drug-likeness (QED) is 0.269. The fourth-order valence-corrected chi connectivity index (χ4v) is 6.18. The molecule has 0 N–H and O–H groups in total. The highest BCUT2D eigenvalue weighted by atomic mass is 32.1. The van der Waals surface area contributed by atoms with Crippen LogP contribution in [0, 0.1) is 6.92 Å². The smallest absolute Gasteiger partial charge is 0.213 e. The summed E-state index contributed by atoms with van der Waals surface area (Å²) in [5.41, 5.74) is 5.92. The van der Waals surface area contributed by atoms with E-state index in [0.29, 0.717) is 0 Å².